The fourth-order valence-corrected chi connectivity index (χ4v) is 2.48. The maximum absolute atomic E-state index is 12.8. The molecule has 0 aliphatic heterocycles. The van der Waals surface area contributed by atoms with E-state index in [9.17, 15) is 18.0 Å². The number of anilines is 1. The highest BCUT2D eigenvalue weighted by atomic mass is 35.5. The minimum Gasteiger partial charge on any atom is -0.368 e. The van der Waals surface area contributed by atoms with Gasteiger partial charge in [-0.2, -0.15) is 13.2 Å². The molecule has 1 aromatic carbocycles. The molecule has 0 aliphatic carbocycles. The standard InChI is InChI=1S/C18H19ClF3N3O/c19-14-8-6-13(7-9-14)3-1-5-16(26)23-11-12-25-17-15(18(20,21)22)4-2-10-24-17/h2,4,6-10H,1,3,5,11-12H2,(H,23,26)(H,24,25). The monoisotopic (exact) mass is 385 g/mol. The second-order valence-electron chi connectivity index (χ2n) is 5.65. The van der Waals surface area contributed by atoms with E-state index >= 15 is 0 Å². The van der Waals surface area contributed by atoms with Crippen molar-refractivity contribution < 1.29 is 18.0 Å². The van der Waals surface area contributed by atoms with E-state index in [1.807, 2.05) is 12.1 Å². The van der Waals surface area contributed by atoms with Gasteiger partial charge in [-0.1, -0.05) is 23.7 Å². The summed E-state index contributed by atoms with van der Waals surface area (Å²) in [5.74, 6) is -0.380. The molecule has 1 amide bonds. The van der Waals surface area contributed by atoms with Crippen LogP contribution in [-0.2, 0) is 17.4 Å². The zero-order chi connectivity index (χ0) is 19.0. The molecule has 0 unspecified atom stereocenters. The van der Waals surface area contributed by atoms with Gasteiger partial charge in [0, 0.05) is 30.7 Å². The zero-order valence-corrected chi connectivity index (χ0v) is 14.7. The molecular weight excluding hydrogens is 367 g/mol. The van der Waals surface area contributed by atoms with Crippen molar-refractivity contribution in [2.75, 3.05) is 18.4 Å². The van der Waals surface area contributed by atoms with Gasteiger partial charge in [-0.3, -0.25) is 4.79 Å². The number of halogens is 4. The Hall–Kier alpha value is -2.28. The number of nitrogens with one attached hydrogen (secondary N) is 2. The van der Waals surface area contributed by atoms with Crippen molar-refractivity contribution in [1.82, 2.24) is 10.3 Å². The largest absolute Gasteiger partial charge is 0.419 e. The molecule has 0 aliphatic rings. The predicted octanol–water partition coefficient (Wildman–Crippen LogP) is 4.30. The number of hydrogen-bond donors (Lipinski definition) is 2. The molecule has 0 fully saturated rings. The van der Waals surface area contributed by atoms with Crippen molar-refractivity contribution in [3.8, 4) is 0 Å². The molecule has 2 rings (SSSR count). The Morgan fingerprint density at radius 3 is 2.54 bits per heavy atom. The van der Waals surface area contributed by atoms with Gasteiger partial charge in [-0.05, 0) is 42.7 Å². The maximum Gasteiger partial charge on any atom is 0.419 e. The summed E-state index contributed by atoms with van der Waals surface area (Å²) >= 11 is 5.81. The molecule has 0 radical (unpaired) electrons. The number of amides is 1. The molecule has 1 heterocycles. The average Bonchev–Trinajstić information content (AvgIpc) is 2.60. The second-order valence-corrected chi connectivity index (χ2v) is 6.09. The summed E-state index contributed by atoms with van der Waals surface area (Å²) in [5, 5.41) is 5.95. The molecule has 4 nitrogen and oxygen atoms in total. The summed E-state index contributed by atoms with van der Waals surface area (Å²) in [6, 6.07) is 9.62. The first-order chi connectivity index (χ1) is 12.4. The Morgan fingerprint density at radius 2 is 1.85 bits per heavy atom. The SMILES string of the molecule is O=C(CCCc1ccc(Cl)cc1)NCCNc1ncccc1C(F)(F)F. The molecule has 26 heavy (non-hydrogen) atoms. The van der Waals surface area contributed by atoms with Crippen LogP contribution >= 0.6 is 11.6 Å². The van der Waals surface area contributed by atoms with E-state index in [0.29, 0.717) is 17.9 Å². The molecule has 8 heteroatoms. The molecule has 0 saturated heterocycles. The first-order valence-corrected chi connectivity index (χ1v) is 8.51. The normalized spacial score (nSPS) is 11.2. The van der Waals surface area contributed by atoms with E-state index in [1.165, 1.54) is 12.3 Å². The summed E-state index contributed by atoms with van der Waals surface area (Å²) in [7, 11) is 0. The molecule has 1 aromatic heterocycles. The number of rotatable bonds is 8. The Labute approximate surface area is 154 Å². The van der Waals surface area contributed by atoms with Crippen molar-refractivity contribution in [2.24, 2.45) is 0 Å². The minimum atomic E-state index is -4.47. The number of carbonyl (C=O) groups is 1. The first-order valence-electron chi connectivity index (χ1n) is 8.13. The van der Waals surface area contributed by atoms with Gasteiger partial charge in [0.05, 0.1) is 5.56 Å². The van der Waals surface area contributed by atoms with E-state index in [-0.39, 0.29) is 24.8 Å². The quantitative estimate of drug-likeness (QED) is 0.666. The average molecular weight is 386 g/mol. The second kappa shape index (κ2) is 9.43. The lowest BCUT2D eigenvalue weighted by molar-refractivity contribution is -0.137. The third-order valence-electron chi connectivity index (χ3n) is 3.64. The van der Waals surface area contributed by atoms with Crippen LogP contribution < -0.4 is 10.6 Å². The lowest BCUT2D eigenvalue weighted by Gasteiger charge is -2.13. The van der Waals surface area contributed by atoms with Gasteiger partial charge in [-0.15, -0.1) is 0 Å². The molecule has 0 spiro atoms. The molecule has 0 saturated carbocycles. The van der Waals surface area contributed by atoms with Crippen molar-refractivity contribution in [3.05, 3.63) is 58.7 Å². The maximum atomic E-state index is 12.8. The lowest BCUT2D eigenvalue weighted by Crippen LogP contribution is -2.29. The number of carbonyl (C=O) groups excluding carboxylic acids is 1. The Bertz CT molecular complexity index is 720. The van der Waals surface area contributed by atoms with Crippen LogP contribution in [0.3, 0.4) is 0 Å². The molecule has 2 aromatic rings. The smallest absolute Gasteiger partial charge is 0.368 e. The zero-order valence-electron chi connectivity index (χ0n) is 13.9. The highest BCUT2D eigenvalue weighted by Crippen LogP contribution is 2.33. The van der Waals surface area contributed by atoms with Gasteiger partial charge in [0.1, 0.15) is 5.82 Å². The van der Waals surface area contributed by atoms with E-state index in [0.717, 1.165) is 18.1 Å². The first kappa shape index (κ1) is 20.0. The number of benzene rings is 1. The van der Waals surface area contributed by atoms with Crippen LogP contribution in [0.25, 0.3) is 0 Å². The Balaban J connectivity index is 1.67. The van der Waals surface area contributed by atoms with Crippen LogP contribution in [0.15, 0.2) is 42.6 Å². The van der Waals surface area contributed by atoms with Crippen LogP contribution in [0.4, 0.5) is 19.0 Å². The highest BCUT2D eigenvalue weighted by Gasteiger charge is 2.33. The van der Waals surface area contributed by atoms with Crippen molar-refractivity contribution >= 4 is 23.3 Å². The van der Waals surface area contributed by atoms with E-state index in [4.69, 9.17) is 11.6 Å². The Kier molecular flexibility index (Phi) is 7.26. The van der Waals surface area contributed by atoms with Gasteiger partial charge in [0.15, 0.2) is 0 Å². The molecular formula is C18H19ClF3N3O. The summed E-state index contributed by atoms with van der Waals surface area (Å²) in [5.41, 5.74) is 0.271. The number of nitrogens with zero attached hydrogens (tertiary/aromatic N) is 1. The predicted molar refractivity (Wildman–Crippen MR) is 95.1 cm³/mol. The van der Waals surface area contributed by atoms with Crippen LogP contribution in [0.5, 0.6) is 0 Å². The van der Waals surface area contributed by atoms with Gasteiger partial charge in [0.2, 0.25) is 5.91 Å². The molecule has 0 bridgehead atoms. The third kappa shape index (κ3) is 6.55. The van der Waals surface area contributed by atoms with Crippen molar-refractivity contribution in [3.63, 3.8) is 0 Å². The molecule has 140 valence electrons. The summed E-state index contributed by atoms with van der Waals surface area (Å²) in [6.45, 7) is 0.372. The topological polar surface area (TPSA) is 54.0 Å². The van der Waals surface area contributed by atoms with Gasteiger partial charge < -0.3 is 10.6 Å². The van der Waals surface area contributed by atoms with Gasteiger partial charge >= 0.3 is 6.18 Å². The number of hydrogen-bond acceptors (Lipinski definition) is 3. The fourth-order valence-electron chi connectivity index (χ4n) is 2.35. The van der Waals surface area contributed by atoms with E-state index in [2.05, 4.69) is 15.6 Å². The summed E-state index contributed by atoms with van der Waals surface area (Å²) in [4.78, 5) is 15.5. The minimum absolute atomic E-state index is 0.141. The number of aromatic nitrogens is 1. The van der Waals surface area contributed by atoms with E-state index < -0.39 is 11.7 Å². The molecule has 0 atom stereocenters. The number of alkyl halides is 3. The van der Waals surface area contributed by atoms with Gasteiger partial charge in [-0.25, -0.2) is 4.98 Å². The van der Waals surface area contributed by atoms with Crippen LogP contribution in [0.2, 0.25) is 5.02 Å². The van der Waals surface area contributed by atoms with Crippen LogP contribution in [0, 0.1) is 0 Å². The van der Waals surface area contributed by atoms with Crippen LogP contribution in [-0.4, -0.2) is 24.0 Å². The van der Waals surface area contributed by atoms with Crippen molar-refractivity contribution in [2.45, 2.75) is 25.4 Å². The van der Waals surface area contributed by atoms with Gasteiger partial charge in [0.25, 0.3) is 0 Å². The van der Waals surface area contributed by atoms with Crippen LogP contribution in [0.1, 0.15) is 24.0 Å². The number of aryl methyl sites for hydroxylation is 1. The third-order valence-corrected chi connectivity index (χ3v) is 3.89. The van der Waals surface area contributed by atoms with Crippen molar-refractivity contribution in [1.29, 1.82) is 0 Å². The fraction of sp³-hybridized carbons (Fsp3) is 0.333. The summed E-state index contributed by atoms with van der Waals surface area (Å²) in [6.07, 6.45) is -1.40. The summed E-state index contributed by atoms with van der Waals surface area (Å²) < 4.78 is 38.5. The molecule has 2 N–H and O–H groups in total. The highest BCUT2D eigenvalue weighted by molar-refractivity contribution is 6.30. The van der Waals surface area contributed by atoms with E-state index in [1.54, 1.807) is 12.1 Å². The Morgan fingerprint density at radius 1 is 1.12 bits per heavy atom. The number of pyridine rings is 1. The lowest BCUT2D eigenvalue weighted by atomic mass is 10.1.